The third-order valence-electron chi connectivity index (χ3n) is 2.58. The van der Waals surface area contributed by atoms with Crippen LogP contribution in [-0.2, 0) is 4.74 Å². The molecule has 8 heteroatoms. The van der Waals surface area contributed by atoms with Crippen LogP contribution in [-0.4, -0.2) is 33.1 Å². The molecule has 7 nitrogen and oxygen atoms in total. The van der Waals surface area contributed by atoms with E-state index in [0.717, 1.165) is 6.20 Å². The van der Waals surface area contributed by atoms with E-state index in [1.54, 1.807) is 27.7 Å². The van der Waals surface area contributed by atoms with Gasteiger partial charge in [-0.3, -0.25) is 10.3 Å². The Balaban J connectivity index is 2.30. The summed E-state index contributed by atoms with van der Waals surface area (Å²) in [4.78, 5) is 15.7. The quantitative estimate of drug-likeness (QED) is 0.935. The molecule has 23 heavy (non-hydrogen) atoms. The number of carbonyl (C=O) groups excluding carboxylic acids is 1. The summed E-state index contributed by atoms with van der Waals surface area (Å²) in [6.07, 6.45) is 3.30. The van der Waals surface area contributed by atoms with Gasteiger partial charge < -0.3 is 9.47 Å². The Hall–Kier alpha value is -2.64. The molecule has 0 saturated heterocycles. The molecule has 0 radical (unpaired) electrons. The second kappa shape index (κ2) is 6.64. The first-order valence-electron chi connectivity index (χ1n) is 7.12. The largest absolute Gasteiger partial charge is 0.476 e. The lowest BCUT2D eigenvalue weighted by Crippen LogP contribution is -2.27. The van der Waals surface area contributed by atoms with E-state index in [-0.39, 0.29) is 5.88 Å². The molecule has 0 unspecified atom stereocenters. The monoisotopic (exact) mass is 322 g/mol. The molecule has 1 N–H and O–H groups in total. The van der Waals surface area contributed by atoms with Gasteiger partial charge in [-0.15, -0.1) is 0 Å². The molecule has 2 rings (SSSR count). The summed E-state index contributed by atoms with van der Waals surface area (Å²) in [5, 5.41) is 6.68. The predicted octanol–water partition coefficient (Wildman–Crippen LogP) is 3.15. The SMILES string of the molecule is CCOc1c(NC(=O)OC(C)(C)C)cnn1-c1cncc(F)c1. The number of amides is 1. The highest BCUT2D eigenvalue weighted by atomic mass is 19.1. The van der Waals surface area contributed by atoms with Crippen LogP contribution in [0, 0.1) is 5.82 Å². The van der Waals surface area contributed by atoms with Crippen molar-refractivity contribution in [1.82, 2.24) is 14.8 Å². The number of carbonyl (C=O) groups is 1. The Morgan fingerprint density at radius 2 is 2.09 bits per heavy atom. The summed E-state index contributed by atoms with van der Waals surface area (Å²) in [7, 11) is 0. The molecule has 0 bridgehead atoms. The lowest BCUT2D eigenvalue weighted by molar-refractivity contribution is 0.0635. The topological polar surface area (TPSA) is 78.3 Å². The first-order chi connectivity index (χ1) is 10.8. The first kappa shape index (κ1) is 16.7. The van der Waals surface area contributed by atoms with Crippen molar-refractivity contribution in [2.45, 2.75) is 33.3 Å². The fourth-order valence-electron chi connectivity index (χ4n) is 1.81. The molecule has 124 valence electrons. The average molecular weight is 322 g/mol. The van der Waals surface area contributed by atoms with Gasteiger partial charge in [0.05, 0.1) is 30.9 Å². The van der Waals surface area contributed by atoms with Crippen molar-refractivity contribution < 1.29 is 18.7 Å². The number of halogens is 1. The minimum atomic E-state index is -0.629. The Kier molecular flexibility index (Phi) is 4.83. The van der Waals surface area contributed by atoms with Crippen LogP contribution in [0.1, 0.15) is 27.7 Å². The number of rotatable bonds is 4. The van der Waals surface area contributed by atoms with Gasteiger partial charge in [0.15, 0.2) is 0 Å². The highest BCUT2D eigenvalue weighted by Gasteiger charge is 2.20. The smallest absolute Gasteiger partial charge is 0.412 e. The van der Waals surface area contributed by atoms with Crippen LogP contribution >= 0.6 is 0 Å². The zero-order valence-corrected chi connectivity index (χ0v) is 13.5. The van der Waals surface area contributed by atoms with Gasteiger partial charge >= 0.3 is 6.09 Å². The molecule has 0 aliphatic carbocycles. The molecule has 2 aromatic rings. The number of ether oxygens (including phenoxy) is 2. The summed E-state index contributed by atoms with van der Waals surface area (Å²) in [5.41, 5.74) is 0.0780. The van der Waals surface area contributed by atoms with Crippen molar-refractivity contribution in [2.24, 2.45) is 0 Å². The van der Waals surface area contributed by atoms with Crippen LogP contribution in [0.25, 0.3) is 5.69 Å². The van der Waals surface area contributed by atoms with Crippen LogP contribution in [0.4, 0.5) is 14.9 Å². The minimum absolute atomic E-state index is 0.269. The van der Waals surface area contributed by atoms with Gasteiger partial charge in [-0.1, -0.05) is 0 Å². The average Bonchev–Trinajstić information content (AvgIpc) is 2.80. The Bertz CT molecular complexity index is 694. The van der Waals surface area contributed by atoms with Gasteiger partial charge in [0.1, 0.15) is 17.1 Å². The molecule has 0 aliphatic heterocycles. The van der Waals surface area contributed by atoms with Gasteiger partial charge in [0, 0.05) is 6.07 Å². The fourth-order valence-corrected chi connectivity index (χ4v) is 1.81. The number of nitrogens with zero attached hydrogens (tertiary/aromatic N) is 3. The maximum Gasteiger partial charge on any atom is 0.412 e. The van der Waals surface area contributed by atoms with E-state index in [4.69, 9.17) is 9.47 Å². The number of anilines is 1. The maximum atomic E-state index is 13.3. The molecule has 0 saturated carbocycles. The molecule has 0 aromatic carbocycles. The molecule has 2 aromatic heterocycles. The Morgan fingerprint density at radius 1 is 1.35 bits per heavy atom. The van der Waals surface area contributed by atoms with E-state index in [0.29, 0.717) is 18.0 Å². The fraction of sp³-hybridized carbons (Fsp3) is 0.400. The normalized spacial score (nSPS) is 11.2. The lowest BCUT2D eigenvalue weighted by atomic mass is 10.2. The van der Waals surface area contributed by atoms with Crippen molar-refractivity contribution in [1.29, 1.82) is 0 Å². The van der Waals surface area contributed by atoms with E-state index in [9.17, 15) is 9.18 Å². The Labute approximate surface area is 133 Å². The molecule has 0 spiro atoms. The van der Waals surface area contributed by atoms with Crippen LogP contribution in [0.3, 0.4) is 0 Å². The minimum Gasteiger partial charge on any atom is -0.476 e. The van der Waals surface area contributed by atoms with Crippen molar-refractivity contribution in [3.8, 4) is 11.6 Å². The standard InChI is InChI=1S/C15H19FN4O3/c1-5-22-13-12(19-14(21)23-15(2,3)4)9-18-20(13)11-6-10(16)7-17-8-11/h6-9H,5H2,1-4H3,(H,19,21). The molecule has 2 heterocycles. The van der Waals surface area contributed by atoms with E-state index in [2.05, 4.69) is 15.4 Å². The highest BCUT2D eigenvalue weighted by Crippen LogP contribution is 2.28. The molecule has 0 atom stereocenters. The number of hydrogen-bond donors (Lipinski definition) is 1. The van der Waals surface area contributed by atoms with Gasteiger partial charge in [-0.25, -0.2) is 9.18 Å². The summed E-state index contributed by atoms with van der Waals surface area (Å²) < 4.78 is 25.4. The molecular weight excluding hydrogens is 303 g/mol. The summed E-state index contributed by atoms with van der Waals surface area (Å²) in [5.74, 6) is -0.229. The van der Waals surface area contributed by atoms with Crippen molar-refractivity contribution in [3.05, 3.63) is 30.5 Å². The van der Waals surface area contributed by atoms with Crippen LogP contribution in [0.5, 0.6) is 5.88 Å². The number of nitrogens with one attached hydrogen (secondary N) is 1. The highest BCUT2D eigenvalue weighted by molar-refractivity contribution is 5.86. The van der Waals surface area contributed by atoms with Crippen LogP contribution in [0.15, 0.2) is 24.7 Å². The number of pyridine rings is 1. The van der Waals surface area contributed by atoms with E-state index >= 15 is 0 Å². The molecule has 1 amide bonds. The maximum absolute atomic E-state index is 13.3. The summed E-state index contributed by atoms with van der Waals surface area (Å²) >= 11 is 0. The second-order valence-electron chi connectivity index (χ2n) is 5.70. The van der Waals surface area contributed by atoms with Crippen molar-refractivity contribution >= 4 is 11.8 Å². The third kappa shape index (κ3) is 4.41. The predicted molar refractivity (Wildman–Crippen MR) is 82.3 cm³/mol. The van der Waals surface area contributed by atoms with E-state index < -0.39 is 17.5 Å². The Morgan fingerprint density at radius 3 is 2.70 bits per heavy atom. The first-order valence-corrected chi connectivity index (χ1v) is 7.12. The van der Waals surface area contributed by atoms with E-state index in [1.807, 2.05) is 0 Å². The van der Waals surface area contributed by atoms with Gasteiger partial charge in [-0.2, -0.15) is 9.78 Å². The zero-order chi connectivity index (χ0) is 17.0. The van der Waals surface area contributed by atoms with Gasteiger partial charge in [-0.05, 0) is 27.7 Å². The molecule has 0 aliphatic rings. The van der Waals surface area contributed by atoms with Crippen LogP contribution in [0.2, 0.25) is 0 Å². The molecule has 0 fully saturated rings. The van der Waals surface area contributed by atoms with E-state index in [1.165, 1.54) is 23.1 Å². The zero-order valence-electron chi connectivity index (χ0n) is 13.5. The number of hydrogen-bond acceptors (Lipinski definition) is 5. The van der Waals surface area contributed by atoms with Gasteiger partial charge in [0.25, 0.3) is 0 Å². The van der Waals surface area contributed by atoms with Crippen molar-refractivity contribution in [2.75, 3.05) is 11.9 Å². The summed E-state index contributed by atoms with van der Waals surface area (Å²) in [6.45, 7) is 7.42. The van der Waals surface area contributed by atoms with Crippen LogP contribution < -0.4 is 10.1 Å². The third-order valence-corrected chi connectivity index (χ3v) is 2.58. The second-order valence-corrected chi connectivity index (χ2v) is 5.70. The molecular formula is C15H19FN4O3. The van der Waals surface area contributed by atoms with Crippen molar-refractivity contribution in [3.63, 3.8) is 0 Å². The number of aromatic nitrogens is 3. The van der Waals surface area contributed by atoms with Gasteiger partial charge in [0.2, 0.25) is 5.88 Å². The summed E-state index contributed by atoms with van der Waals surface area (Å²) in [6, 6.07) is 1.26. The lowest BCUT2D eigenvalue weighted by Gasteiger charge is -2.19.